The molecule has 112 valence electrons. The van der Waals surface area contributed by atoms with E-state index in [-0.39, 0.29) is 12.0 Å². The van der Waals surface area contributed by atoms with Crippen molar-refractivity contribution in [1.82, 2.24) is 0 Å². The van der Waals surface area contributed by atoms with Gasteiger partial charge in [-0.05, 0) is 30.3 Å². The van der Waals surface area contributed by atoms with Crippen molar-refractivity contribution in [2.24, 2.45) is 0 Å². The number of ether oxygens (including phenoxy) is 2. The lowest BCUT2D eigenvalue weighted by Gasteiger charge is -2.16. The van der Waals surface area contributed by atoms with Crippen LogP contribution in [0.25, 0.3) is 0 Å². The lowest BCUT2D eigenvalue weighted by atomic mass is 9.99. The summed E-state index contributed by atoms with van der Waals surface area (Å²) < 4.78 is 37.5. The van der Waals surface area contributed by atoms with E-state index in [1.54, 1.807) is 18.2 Å². The van der Waals surface area contributed by atoms with Crippen LogP contribution >= 0.6 is 0 Å². The molecule has 21 heavy (non-hydrogen) atoms. The van der Waals surface area contributed by atoms with Crippen LogP contribution < -0.4 is 9.47 Å². The van der Waals surface area contributed by atoms with Crippen LogP contribution in [0.15, 0.2) is 36.4 Å². The largest absolute Gasteiger partial charge is 0.497 e. The Hall–Kier alpha value is -2.14. The van der Waals surface area contributed by atoms with Crippen molar-refractivity contribution in [3.05, 3.63) is 59.2 Å². The number of aliphatic hydroxyl groups is 1. The molecule has 0 saturated carbocycles. The summed E-state index contributed by atoms with van der Waals surface area (Å²) in [6.07, 6.45) is -1.30. The van der Waals surface area contributed by atoms with Gasteiger partial charge in [-0.15, -0.1) is 0 Å². The maximum atomic E-state index is 13.6. The molecule has 2 aromatic rings. The van der Waals surface area contributed by atoms with Gasteiger partial charge in [-0.25, -0.2) is 8.78 Å². The predicted octanol–water partition coefficient (Wildman–Crippen LogP) is 3.26. The smallest absolute Gasteiger partial charge is 0.129 e. The molecule has 0 aromatic heterocycles. The number of hydrogen-bond donors (Lipinski definition) is 1. The van der Waals surface area contributed by atoms with Gasteiger partial charge in [-0.2, -0.15) is 0 Å². The Bertz CT molecular complexity index is 609. The van der Waals surface area contributed by atoms with Crippen molar-refractivity contribution in [1.29, 1.82) is 0 Å². The molecule has 3 nitrogen and oxygen atoms in total. The van der Waals surface area contributed by atoms with E-state index in [0.29, 0.717) is 17.1 Å². The second kappa shape index (κ2) is 6.54. The summed E-state index contributed by atoms with van der Waals surface area (Å²) in [6, 6.07) is 8.50. The van der Waals surface area contributed by atoms with Gasteiger partial charge < -0.3 is 14.6 Å². The Balaban J connectivity index is 2.33. The van der Waals surface area contributed by atoms with E-state index in [2.05, 4.69) is 0 Å². The van der Waals surface area contributed by atoms with Gasteiger partial charge in [0.25, 0.3) is 0 Å². The molecule has 1 atom stereocenters. The third-order valence-electron chi connectivity index (χ3n) is 3.26. The lowest BCUT2D eigenvalue weighted by molar-refractivity contribution is 0.171. The number of rotatable bonds is 5. The van der Waals surface area contributed by atoms with Gasteiger partial charge in [-0.1, -0.05) is 6.07 Å². The molecule has 0 aliphatic heterocycles. The van der Waals surface area contributed by atoms with Crippen LogP contribution in [0.4, 0.5) is 8.78 Å². The number of halogens is 2. The van der Waals surface area contributed by atoms with Crippen LogP contribution in [0.3, 0.4) is 0 Å². The Labute approximate surface area is 121 Å². The highest BCUT2D eigenvalue weighted by molar-refractivity contribution is 5.42. The topological polar surface area (TPSA) is 38.7 Å². The molecule has 0 amide bonds. The molecule has 0 heterocycles. The van der Waals surface area contributed by atoms with Crippen molar-refractivity contribution < 1.29 is 23.4 Å². The summed E-state index contributed by atoms with van der Waals surface area (Å²) in [5.74, 6) is -0.411. The minimum atomic E-state index is -1.11. The zero-order valence-electron chi connectivity index (χ0n) is 11.8. The van der Waals surface area contributed by atoms with Crippen molar-refractivity contribution in [2.75, 3.05) is 14.2 Å². The quantitative estimate of drug-likeness (QED) is 0.920. The number of benzene rings is 2. The highest BCUT2D eigenvalue weighted by Crippen LogP contribution is 2.32. The molecule has 0 fully saturated rings. The monoisotopic (exact) mass is 294 g/mol. The summed E-state index contributed by atoms with van der Waals surface area (Å²) >= 11 is 0. The first-order valence-corrected chi connectivity index (χ1v) is 6.39. The molecule has 5 heteroatoms. The fourth-order valence-electron chi connectivity index (χ4n) is 2.13. The Kier molecular flexibility index (Phi) is 4.75. The average molecular weight is 294 g/mol. The van der Waals surface area contributed by atoms with Crippen molar-refractivity contribution >= 4 is 0 Å². The van der Waals surface area contributed by atoms with Crippen LogP contribution in [-0.4, -0.2) is 19.3 Å². The van der Waals surface area contributed by atoms with Crippen LogP contribution in [0.5, 0.6) is 11.5 Å². The first kappa shape index (κ1) is 15.3. The van der Waals surface area contributed by atoms with Crippen molar-refractivity contribution in [3.63, 3.8) is 0 Å². The second-order valence-electron chi connectivity index (χ2n) is 4.53. The van der Waals surface area contributed by atoms with Crippen molar-refractivity contribution in [3.8, 4) is 11.5 Å². The maximum absolute atomic E-state index is 13.6. The van der Waals surface area contributed by atoms with E-state index in [1.807, 2.05) is 0 Å². The molecular formula is C16H16F2O3. The molecule has 0 bridgehead atoms. The fourth-order valence-corrected chi connectivity index (χ4v) is 2.13. The van der Waals surface area contributed by atoms with E-state index in [4.69, 9.17) is 9.47 Å². The molecular weight excluding hydrogens is 278 g/mol. The Morgan fingerprint density at radius 3 is 2.29 bits per heavy atom. The third-order valence-corrected chi connectivity index (χ3v) is 3.26. The van der Waals surface area contributed by atoms with Crippen LogP contribution in [0.2, 0.25) is 0 Å². The highest BCUT2D eigenvalue weighted by atomic mass is 19.1. The molecule has 2 aromatic carbocycles. The molecule has 1 unspecified atom stereocenters. The van der Waals surface area contributed by atoms with Gasteiger partial charge in [0.15, 0.2) is 0 Å². The van der Waals surface area contributed by atoms with Crippen LogP contribution in [0, 0.1) is 11.6 Å². The number of methoxy groups -OCH3 is 2. The minimum Gasteiger partial charge on any atom is -0.497 e. The molecule has 0 radical (unpaired) electrons. The van der Waals surface area contributed by atoms with Crippen LogP contribution in [0.1, 0.15) is 17.2 Å². The van der Waals surface area contributed by atoms with Gasteiger partial charge in [0.2, 0.25) is 0 Å². The first-order valence-electron chi connectivity index (χ1n) is 6.39. The molecule has 0 spiro atoms. The van der Waals surface area contributed by atoms with E-state index in [1.165, 1.54) is 20.3 Å². The van der Waals surface area contributed by atoms with E-state index < -0.39 is 17.7 Å². The SMILES string of the molecule is COc1ccc(OC)c(C(O)Cc2c(F)cccc2F)c1. The van der Waals surface area contributed by atoms with Gasteiger partial charge >= 0.3 is 0 Å². The summed E-state index contributed by atoms with van der Waals surface area (Å²) in [7, 11) is 2.95. The zero-order chi connectivity index (χ0) is 15.4. The zero-order valence-corrected chi connectivity index (χ0v) is 11.8. The first-order chi connectivity index (χ1) is 10.1. The van der Waals surface area contributed by atoms with Gasteiger partial charge in [-0.3, -0.25) is 0 Å². The molecule has 0 saturated heterocycles. The molecule has 1 N–H and O–H groups in total. The fraction of sp³-hybridized carbons (Fsp3) is 0.250. The van der Waals surface area contributed by atoms with E-state index >= 15 is 0 Å². The van der Waals surface area contributed by atoms with Gasteiger partial charge in [0, 0.05) is 17.5 Å². The van der Waals surface area contributed by atoms with Gasteiger partial charge in [0.05, 0.1) is 20.3 Å². The highest BCUT2D eigenvalue weighted by Gasteiger charge is 2.19. The summed E-state index contributed by atoms with van der Waals surface area (Å²) in [5.41, 5.74) is 0.259. The third kappa shape index (κ3) is 3.31. The van der Waals surface area contributed by atoms with E-state index in [0.717, 1.165) is 12.1 Å². The maximum Gasteiger partial charge on any atom is 0.129 e. The number of aliphatic hydroxyl groups excluding tert-OH is 1. The van der Waals surface area contributed by atoms with Crippen molar-refractivity contribution in [2.45, 2.75) is 12.5 Å². The Morgan fingerprint density at radius 2 is 1.71 bits per heavy atom. The average Bonchev–Trinajstić information content (AvgIpc) is 2.50. The molecule has 2 rings (SSSR count). The standard InChI is InChI=1S/C16H16F2O3/c1-20-10-6-7-16(21-2)12(8-10)15(19)9-11-13(17)4-3-5-14(11)18/h3-8,15,19H,9H2,1-2H3. The predicted molar refractivity (Wildman–Crippen MR) is 74.6 cm³/mol. The number of hydrogen-bond acceptors (Lipinski definition) is 3. The normalized spacial score (nSPS) is 12.0. The summed E-state index contributed by atoms with van der Waals surface area (Å²) in [6.45, 7) is 0. The lowest BCUT2D eigenvalue weighted by Crippen LogP contribution is -2.07. The Morgan fingerprint density at radius 1 is 1.05 bits per heavy atom. The summed E-state index contributed by atoms with van der Waals surface area (Å²) in [4.78, 5) is 0. The van der Waals surface area contributed by atoms with Gasteiger partial charge in [0.1, 0.15) is 23.1 Å². The summed E-state index contributed by atoms with van der Waals surface area (Å²) in [5, 5.41) is 10.3. The van der Waals surface area contributed by atoms with Crippen LogP contribution in [-0.2, 0) is 6.42 Å². The second-order valence-corrected chi connectivity index (χ2v) is 4.53. The molecule has 0 aliphatic carbocycles. The molecule has 0 aliphatic rings. The van der Waals surface area contributed by atoms with E-state index in [9.17, 15) is 13.9 Å². The minimum absolute atomic E-state index is 0.158.